The quantitative estimate of drug-likeness (QED) is 0.274. The van der Waals surface area contributed by atoms with Gasteiger partial charge in [0, 0.05) is 31.4 Å². The lowest BCUT2D eigenvalue weighted by atomic mass is 9.76. The van der Waals surface area contributed by atoms with Crippen LogP contribution >= 0.6 is 13.5 Å². The number of amides is 1. The van der Waals surface area contributed by atoms with Gasteiger partial charge in [-0.15, -0.1) is 0 Å². The molecule has 0 bridgehead atoms. The Kier molecular flexibility index (Phi) is 7.55. The van der Waals surface area contributed by atoms with E-state index in [0.29, 0.717) is 25.9 Å². The number of aromatic nitrogens is 2. The van der Waals surface area contributed by atoms with E-state index >= 15 is 0 Å². The van der Waals surface area contributed by atoms with Crippen LogP contribution in [-0.2, 0) is 21.5 Å². The Hall–Kier alpha value is -3.84. The van der Waals surface area contributed by atoms with Gasteiger partial charge >= 0.3 is 5.97 Å². The SMILES string of the molecule is C[C@]1(C(=O)O)CCN(CCc2cncn2C(c2ccccc2)(c2ccccc2)c2ccccc2)C1=O.S. The summed E-state index contributed by atoms with van der Waals surface area (Å²) in [5.41, 5.74) is 2.22. The van der Waals surface area contributed by atoms with Crippen molar-refractivity contribution >= 4 is 25.4 Å². The van der Waals surface area contributed by atoms with Gasteiger partial charge in [0.2, 0.25) is 5.91 Å². The molecule has 190 valence electrons. The Morgan fingerprint density at radius 2 is 1.41 bits per heavy atom. The van der Waals surface area contributed by atoms with Crippen LogP contribution < -0.4 is 0 Å². The molecule has 2 heterocycles. The van der Waals surface area contributed by atoms with Crippen molar-refractivity contribution in [3.63, 3.8) is 0 Å². The second-order valence-corrected chi connectivity index (χ2v) is 9.49. The Morgan fingerprint density at radius 3 is 1.84 bits per heavy atom. The normalized spacial score (nSPS) is 17.4. The maximum Gasteiger partial charge on any atom is 0.318 e. The Bertz CT molecular complexity index is 1260. The smallest absolute Gasteiger partial charge is 0.318 e. The van der Waals surface area contributed by atoms with E-state index in [0.717, 1.165) is 22.4 Å². The predicted molar refractivity (Wildman–Crippen MR) is 148 cm³/mol. The minimum atomic E-state index is -1.35. The van der Waals surface area contributed by atoms with Crippen molar-refractivity contribution in [3.8, 4) is 0 Å². The topological polar surface area (TPSA) is 75.4 Å². The van der Waals surface area contributed by atoms with Crippen molar-refractivity contribution in [3.05, 3.63) is 126 Å². The minimum absolute atomic E-state index is 0. The summed E-state index contributed by atoms with van der Waals surface area (Å²) in [6, 6.07) is 31.1. The van der Waals surface area contributed by atoms with E-state index in [1.165, 1.54) is 6.92 Å². The van der Waals surface area contributed by atoms with Crippen LogP contribution in [0, 0.1) is 5.41 Å². The molecule has 0 saturated carbocycles. The summed E-state index contributed by atoms with van der Waals surface area (Å²) in [7, 11) is 0. The second-order valence-electron chi connectivity index (χ2n) is 9.49. The van der Waals surface area contributed by atoms with Crippen LogP contribution in [0.1, 0.15) is 35.7 Å². The highest BCUT2D eigenvalue weighted by Gasteiger charge is 2.49. The van der Waals surface area contributed by atoms with Crippen LogP contribution in [0.15, 0.2) is 104 Å². The van der Waals surface area contributed by atoms with E-state index in [-0.39, 0.29) is 19.4 Å². The fourth-order valence-corrected chi connectivity index (χ4v) is 5.34. The van der Waals surface area contributed by atoms with Gasteiger partial charge in [-0.25, -0.2) is 4.98 Å². The number of carbonyl (C=O) groups is 2. The summed E-state index contributed by atoms with van der Waals surface area (Å²) < 4.78 is 2.20. The van der Waals surface area contributed by atoms with Crippen molar-refractivity contribution < 1.29 is 14.7 Å². The number of imidazole rings is 1. The van der Waals surface area contributed by atoms with Gasteiger partial charge in [-0.1, -0.05) is 91.0 Å². The van der Waals surface area contributed by atoms with Gasteiger partial charge in [-0.05, 0) is 30.0 Å². The summed E-state index contributed by atoms with van der Waals surface area (Å²) in [6.07, 6.45) is 4.58. The van der Waals surface area contributed by atoms with Crippen LogP contribution in [0.2, 0.25) is 0 Å². The van der Waals surface area contributed by atoms with E-state index < -0.39 is 16.9 Å². The van der Waals surface area contributed by atoms with Crippen molar-refractivity contribution in [2.75, 3.05) is 13.1 Å². The summed E-state index contributed by atoms with van der Waals surface area (Å²) in [6.45, 7) is 2.39. The first-order valence-corrected chi connectivity index (χ1v) is 12.2. The molecule has 4 aromatic rings. The molecule has 1 fully saturated rings. The average Bonchev–Trinajstić information content (AvgIpc) is 3.50. The lowest BCUT2D eigenvalue weighted by Crippen LogP contribution is -2.40. The van der Waals surface area contributed by atoms with Gasteiger partial charge in [0.05, 0.1) is 6.33 Å². The van der Waals surface area contributed by atoms with Gasteiger partial charge in [-0.2, -0.15) is 13.5 Å². The number of nitrogens with zero attached hydrogens (tertiary/aromatic N) is 3. The number of carboxylic acid groups (broad SMARTS) is 1. The number of hydrogen-bond acceptors (Lipinski definition) is 3. The standard InChI is InChI=1S/C30H29N3O3.H2S/c1-29(28(35)36)18-20-32(27(29)34)19-17-26-21-31-22-33(26)30(23-11-5-2-6-12-23,24-13-7-3-8-14-24)25-15-9-4-10-16-25;/h2-16,21-22H,17-20H2,1H3,(H,35,36);1H2/t29-;/m0./s1. The first-order valence-electron chi connectivity index (χ1n) is 12.2. The molecule has 0 spiro atoms. The van der Waals surface area contributed by atoms with Crippen LogP contribution in [-0.4, -0.2) is 44.5 Å². The molecule has 1 aliphatic rings. The van der Waals surface area contributed by atoms with E-state index in [2.05, 4.69) is 45.9 Å². The van der Waals surface area contributed by atoms with Crippen LogP contribution in [0.4, 0.5) is 0 Å². The van der Waals surface area contributed by atoms with Gasteiger partial charge < -0.3 is 14.6 Å². The molecule has 1 saturated heterocycles. The summed E-state index contributed by atoms with van der Waals surface area (Å²) in [4.78, 5) is 30.8. The van der Waals surface area contributed by atoms with Gasteiger partial charge in [0.15, 0.2) is 0 Å². The third-order valence-corrected chi connectivity index (χ3v) is 7.40. The van der Waals surface area contributed by atoms with Crippen LogP contribution in [0.25, 0.3) is 0 Å². The Labute approximate surface area is 224 Å². The zero-order valence-electron chi connectivity index (χ0n) is 20.7. The monoisotopic (exact) mass is 513 g/mol. The zero-order chi connectivity index (χ0) is 25.2. The number of aliphatic carboxylic acids is 1. The van der Waals surface area contributed by atoms with E-state index in [4.69, 9.17) is 0 Å². The number of carbonyl (C=O) groups excluding carboxylic acids is 1. The van der Waals surface area contributed by atoms with Gasteiger partial charge in [-0.3, -0.25) is 9.59 Å². The third kappa shape index (κ3) is 4.44. The predicted octanol–water partition coefficient (Wildman–Crippen LogP) is 4.70. The molecule has 0 unspecified atom stereocenters. The number of hydrogen-bond donors (Lipinski definition) is 1. The molecule has 0 radical (unpaired) electrons. The molecule has 5 rings (SSSR count). The largest absolute Gasteiger partial charge is 0.480 e. The fourth-order valence-electron chi connectivity index (χ4n) is 5.34. The van der Waals surface area contributed by atoms with E-state index in [1.54, 1.807) is 4.90 Å². The first-order chi connectivity index (χ1) is 17.5. The molecular weight excluding hydrogens is 482 g/mol. The molecule has 1 N–H and O–H groups in total. The van der Waals surface area contributed by atoms with Crippen molar-refractivity contribution in [1.82, 2.24) is 14.5 Å². The molecule has 3 aromatic carbocycles. The van der Waals surface area contributed by atoms with Crippen LogP contribution in [0.5, 0.6) is 0 Å². The molecule has 6 nitrogen and oxygen atoms in total. The molecule has 1 atom stereocenters. The van der Waals surface area contributed by atoms with Crippen molar-refractivity contribution in [2.24, 2.45) is 5.41 Å². The molecule has 1 aromatic heterocycles. The Balaban J connectivity index is 0.00000320. The molecule has 0 aliphatic carbocycles. The molecule has 1 aliphatic heterocycles. The summed E-state index contributed by atoms with van der Waals surface area (Å²) in [5, 5.41) is 9.58. The fraction of sp³-hybridized carbons (Fsp3) is 0.233. The van der Waals surface area contributed by atoms with Crippen molar-refractivity contribution in [1.29, 1.82) is 0 Å². The summed E-state index contributed by atoms with van der Waals surface area (Å²) in [5.74, 6) is -1.38. The highest BCUT2D eigenvalue weighted by Crippen LogP contribution is 2.41. The van der Waals surface area contributed by atoms with Gasteiger partial charge in [0.25, 0.3) is 0 Å². The maximum absolute atomic E-state index is 12.9. The zero-order valence-corrected chi connectivity index (χ0v) is 21.7. The highest BCUT2D eigenvalue weighted by atomic mass is 32.1. The van der Waals surface area contributed by atoms with Gasteiger partial charge in [0.1, 0.15) is 11.0 Å². The van der Waals surface area contributed by atoms with Crippen molar-refractivity contribution in [2.45, 2.75) is 25.3 Å². The van der Waals surface area contributed by atoms with E-state index in [9.17, 15) is 14.7 Å². The lowest BCUT2D eigenvalue weighted by molar-refractivity contribution is -0.154. The number of carboxylic acids is 1. The minimum Gasteiger partial charge on any atom is -0.480 e. The molecule has 1 amide bonds. The first kappa shape index (κ1) is 26.2. The molecular formula is C30H31N3O3S. The maximum atomic E-state index is 12.9. The Morgan fingerprint density at radius 1 is 0.919 bits per heavy atom. The molecule has 7 heteroatoms. The van der Waals surface area contributed by atoms with E-state index in [1.807, 2.05) is 67.1 Å². The second kappa shape index (κ2) is 10.6. The highest BCUT2D eigenvalue weighted by molar-refractivity contribution is 7.59. The molecule has 37 heavy (non-hydrogen) atoms. The number of benzene rings is 3. The number of rotatable bonds is 8. The van der Waals surface area contributed by atoms with Crippen LogP contribution in [0.3, 0.4) is 0 Å². The lowest BCUT2D eigenvalue weighted by Gasteiger charge is -2.38. The average molecular weight is 514 g/mol. The third-order valence-electron chi connectivity index (χ3n) is 7.40. The number of likely N-dealkylation sites (tertiary alicyclic amines) is 1. The summed E-state index contributed by atoms with van der Waals surface area (Å²) >= 11 is 0.